The van der Waals surface area contributed by atoms with E-state index in [4.69, 9.17) is 19.4 Å². The van der Waals surface area contributed by atoms with Gasteiger partial charge in [-0.25, -0.2) is 15.0 Å². The van der Waals surface area contributed by atoms with Crippen molar-refractivity contribution >= 4 is 76.1 Å². The second-order valence-electron chi connectivity index (χ2n) is 17.4. The molecule has 0 spiro atoms. The van der Waals surface area contributed by atoms with Gasteiger partial charge in [-0.05, 0) is 103 Å². The zero-order valence-electron chi connectivity index (χ0n) is 36.5. The molecule has 0 saturated heterocycles. The van der Waals surface area contributed by atoms with Crippen LogP contribution in [0.5, 0.6) is 0 Å². The monoisotopic (exact) mass is 867 g/mol. The predicted molar refractivity (Wildman–Crippen MR) is 279 cm³/mol. The van der Waals surface area contributed by atoms with E-state index in [9.17, 15) is 0 Å². The van der Waals surface area contributed by atoms with Crippen molar-refractivity contribution in [3.05, 3.63) is 225 Å². The summed E-state index contributed by atoms with van der Waals surface area (Å²) < 4.78 is 8.71. The van der Waals surface area contributed by atoms with Crippen LogP contribution in [-0.2, 0) is 0 Å². The van der Waals surface area contributed by atoms with E-state index in [0.29, 0.717) is 17.5 Å². The van der Waals surface area contributed by atoms with Gasteiger partial charge in [0.1, 0.15) is 11.2 Å². The molecule has 0 N–H and O–H groups in total. The molecule has 0 aliphatic carbocycles. The molecule has 0 aliphatic rings. The maximum Gasteiger partial charge on any atom is 0.164 e. The van der Waals surface area contributed by atoms with E-state index in [-0.39, 0.29) is 0 Å². The van der Waals surface area contributed by atoms with Crippen molar-refractivity contribution in [2.45, 2.75) is 0 Å². The molecule has 0 amide bonds. The number of aromatic nitrogens is 5. The summed E-state index contributed by atoms with van der Waals surface area (Å²) in [7, 11) is 0. The molecular formula is C62H37N5O. The summed E-state index contributed by atoms with van der Waals surface area (Å²) in [5.74, 6) is 1.71. The molecule has 0 fully saturated rings. The Kier molecular flexibility index (Phi) is 8.48. The number of fused-ring (bicyclic) bond motifs is 11. The zero-order chi connectivity index (χ0) is 44.7. The Balaban J connectivity index is 0.962. The van der Waals surface area contributed by atoms with Gasteiger partial charge in [-0.1, -0.05) is 164 Å². The zero-order valence-corrected chi connectivity index (χ0v) is 36.5. The van der Waals surface area contributed by atoms with Crippen molar-refractivity contribution in [1.82, 2.24) is 24.5 Å². The SMILES string of the molecule is c1ccc(-c2ccc(-c3ccc4c(c3)c3c5ccccc5ccc3n4-c3cccc(-c4nc(-c5ccc6ccc7ccccc7c6c5)nc(-c5cccc6oc7ccncc7c56)n4)c3)cc2)cc1. The second kappa shape index (κ2) is 15.2. The first-order valence-electron chi connectivity index (χ1n) is 22.8. The molecule has 4 heterocycles. The van der Waals surface area contributed by atoms with Crippen molar-refractivity contribution in [2.24, 2.45) is 0 Å². The normalized spacial score (nSPS) is 11.8. The van der Waals surface area contributed by atoms with Crippen molar-refractivity contribution in [3.63, 3.8) is 0 Å². The number of pyridine rings is 1. The molecule has 6 heteroatoms. The Bertz CT molecular complexity index is 4320. The highest BCUT2D eigenvalue weighted by atomic mass is 16.3. The molecule has 6 nitrogen and oxygen atoms in total. The summed E-state index contributed by atoms with van der Waals surface area (Å²) in [5.41, 5.74) is 12.1. The summed E-state index contributed by atoms with van der Waals surface area (Å²) in [6.45, 7) is 0. The lowest BCUT2D eigenvalue weighted by Gasteiger charge is -2.13. The summed E-state index contributed by atoms with van der Waals surface area (Å²) >= 11 is 0. The van der Waals surface area contributed by atoms with Crippen molar-refractivity contribution in [2.75, 3.05) is 0 Å². The van der Waals surface area contributed by atoms with E-state index in [1.165, 1.54) is 54.6 Å². The van der Waals surface area contributed by atoms with Crippen LogP contribution >= 0.6 is 0 Å². The van der Waals surface area contributed by atoms with Crippen LogP contribution in [0.15, 0.2) is 229 Å². The van der Waals surface area contributed by atoms with Crippen LogP contribution in [0.2, 0.25) is 0 Å². The smallest absolute Gasteiger partial charge is 0.164 e. The van der Waals surface area contributed by atoms with E-state index in [1.54, 1.807) is 6.20 Å². The van der Waals surface area contributed by atoms with Crippen LogP contribution in [0.4, 0.5) is 0 Å². The molecule has 0 bridgehead atoms. The largest absolute Gasteiger partial charge is 0.456 e. The number of benzene rings is 10. The van der Waals surface area contributed by atoms with Gasteiger partial charge in [0.15, 0.2) is 17.5 Å². The van der Waals surface area contributed by atoms with E-state index in [2.05, 4.69) is 204 Å². The summed E-state index contributed by atoms with van der Waals surface area (Å²) in [6, 6.07) is 75.3. The molecule has 4 aromatic heterocycles. The average molecular weight is 868 g/mol. The number of nitrogens with zero attached hydrogens (tertiary/aromatic N) is 5. The van der Waals surface area contributed by atoms with Crippen molar-refractivity contribution in [3.8, 4) is 62.1 Å². The van der Waals surface area contributed by atoms with Gasteiger partial charge < -0.3 is 8.98 Å². The van der Waals surface area contributed by atoms with Gasteiger partial charge in [-0.15, -0.1) is 0 Å². The average Bonchev–Trinajstić information content (AvgIpc) is 3.97. The highest BCUT2D eigenvalue weighted by Crippen LogP contribution is 2.41. The first-order chi connectivity index (χ1) is 33.7. The molecule has 14 aromatic rings. The number of furan rings is 1. The van der Waals surface area contributed by atoms with E-state index in [1.807, 2.05) is 24.4 Å². The third-order valence-electron chi connectivity index (χ3n) is 13.5. The lowest BCUT2D eigenvalue weighted by molar-refractivity contribution is 0.668. The van der Waals surface area contributed by atoms with Crippen LogP contribution in [-0.4, -0.2) is 24.5 Å². The Labute approximate surface area is 390 Å². The summed E-state index contributed by atoms with van der Waals surface area (Å²) in [5, 5.41) is 11.3. The van der Waals surface area contributed by atoms with E-state index in [0.717, 1.165) is 66.1 Å². The fourth-order valence-corrected chi connectivity index (χ4v) is 10.3. The van der Waals surface area contributed by atoms with Gasteiger partial charge in [0.25, 0.3) is 0 Å². The Morgan fingerprint density at radius 2 is 0.926 bits per heavy atom. The molecule has 0 radical (unpaired) electrons. The first kappa shape index (κ1) is 38.1. The molecule has 68 heavy (non-hydrogen) atoms. The lowest BCUT2D eigenvalue weighted by Crippen LogP contribution is -2.01. The third kappa shape index (κ3) is 6.12. The Hall–Kier alpha value is -9.26. The molecular weight excluding hydrogens is 831 g/mol. The van der Waals surface area contributed by atoms with Gasteiger partial charge in [-0.2, -0.15) is 0 Å². The van der Waals surface area contributed by atoms with Crippen molar-refractivity contribution in [1.29, 1.82) is 0 Å². The fraction of sp³-hybridized carbons (Fsp3) is 0. The third-order valence-corrected chi connectivity index (χ3v) is 13.5. The van der Waals surface area contributed by atoms with Gasteiger partial charge in [0, 0.05) is 56.3 Å². The molecule has 316 valence electrons. The van der Waals surface area contributed by atoms with Crippen LogP contribution in [0, 0.1) is 0 Å². The maximum absolute atomic E-state index is 6.33. The standard InChI is InChI=1S/C62H37N5O/c1-2-10-38(11-3-1)39-20-22-40(23-21-39)44-29-30-54-52(35-44)58-49-17-7-5-13-42(49)28-31-55(58)67(54)47-15-8-14-45(34-47)60-64-61(46-27-26-43-25-24-41-12-4-6-16-48(41)51(43)36-46)66-62(65-60)50-18-9-19-57-59(50)53-37-63-33-32-56(53)68-57/h1-37H. The molecule has 0 atom stereocenters. The van der Waals surface area contributed by atoms with Crippen molar-refractivity contribution < 1.29 is 4.42 Å². The highest BCUT2D eigenvalue weighted by molar-refractivity contribution is 6.22. The lowest BCUT2D eigenvalue weighted by atomic mass is 9.98. The first-order valence-corrected chi connectivity index (χ1v) is 22.8. The van der Waals surface area contributed by atoms with Gasteiger partial charge in [-0.3, -0.25) is 4.98 Å². The van der Waals surface area contributed by atoms with Crippen LogP contribution in [0.25, 0.3) is 138 Å². The Morgan fingerprint density at radius 1 is 0.338 bits per heavy atom. The molecule has 0 saturated carbocycles. The minimum atomic E-state index is 0.554. The molecule has 14 rings (SSSR count). The predicted octanol–water partition coefficient (Wildman–Crippen LogP) is 16.1. The van der Waals surface area contributed by atoms with Crippen LogP contribution in [0.1, 0.15) is 0 Å². The molecule has 0 unspecified atom stereocenters. The minimum Gasteiger partial charge on any atom is -0.456 e. The second-order valence-corrected chi connectivity index (χ2v) is 17.4. The van der Waals surface area contributed by atoms with Crippen LogP contribution in [0.3, 0.4) is 0 Å². The molecule has 10 aromatic carbocycles. The minimum absolute atomic E-state index is 0.554. The highest BCUT2D eigenvalue weighted by Gasteiger charge is 2.21. The fourth-order valence-electron chi connectivity index (χ4n) is 10.3. The van der Waals surface area contributed by atoms with Gasteiger partial charge >= 0.3 is 0 Å². The number of hydrogen-bond donors (Lipinski definition) is 0. The molecule has 0 aliphatic heterocycles. The van der Waals surface area contributed by atoms with Gasteiger partial charge in [0.05, 0.1) is 11.0 Å². The van der Waals surface area contributed by atoms with Gasteiger partial charge in [0.2, 0.25) is 0 Å². The number of hydrogen-bond acceptors (Lipinski definition) is 5. The number of rotatable bonds is 6. The summed E-state index contributed by atoms with van der Waals surface area (Å²) in [4.78, 5) is 20.4. The Morgan fingerprint density at radius 3 is 1.76 bits per heavy atom. The quantitative estimate of drug-likeness (QED) is 0.156. The topological polar surface area (TPSA) is 69.6 Å². The maximum atomic E-state index is 6.33. The van der Waals surface area contributed by atoms with E-state index >= 15 is 0 Å². The van der Waals surface area contributed by atoms with E-state index < -0.39 is 0 Å². The van der Waals surface area contributed by atoms with Crippen LogP contribution < -0.4 is 0 Å². The summed E-state index contributed by atoms with van der Waals surface area (Å²) in [6.07, 6.45) is 3.61.